The maximum Gasteiger partial charge on any atom is 0.239 e. The van der Waals surface area contributed by atoms with Crippen LogP contribution in [0.3, 0.4) is 0 Å². The van der Waals surface area contributed by atoms with Crippen molar-refractivity contribution < 1.29 is 4.79 Å². The van der Waals surface area contributed by atoms with Crippen LogP contribution in [0.25, 0.3) is 0 Å². The van der Waals surface area contributed by atoms with Crippen molar-refractivity contribution in [3.8, 4) is 0 Å². The van der Waals surface area contributed by atoms with E-state index in [-0.39, 0.29) is 18.3 Å². The summed E-state index contributed by atoms with van der Waals surface area (Å²) in [6, 6.07) is 10.4. The number of hydrogen-bond acceptors (Lipinski definition) is 3. The van der Waals surface area contributed by atoms with Gasteiger partial charge in [0.25, 0.3) is 0 Å². The number of carbonyl (C=O) groups is 1. The van der Waals surface area contributed by atoms with E-state index in [1.807, 2.05) is 19.9 Å². The van der Waals surface area contributed by atoms with Gasteiger partial charge in [0, 0.05) is 25.3 Å². The Morgan fingerprint density at radius 3 is 2.73 bits per heavy atom. The quantitative estimate of drug-likeness (QED) is 0.845. The van der Waals surface area contributed by atoms with Gasteiger partial charge in [-0.3, -0.25) is 4.79 Å². The van der Waals surface area contributed by atoms with Crippen LogP contribution in [-0.4, -0.2) is 31.1 Å². The molecule has 1 aromatic rings. The van der Waals surface area contributed by atoms with Crippen molar-refractivity contribution in [3.05, 3.63) is 30.3 Å². The maximum absolute atomic E-state index is 12.1. The first-order valence-corrected chi connectivity index (χ1v) is 7.90. The summed E-state index contributed by atoms with van der Waals surface area (Å²) in [5.74, 6) is 0.481. The van der Waals surface area contributed by atoms with Gasteiger partial charge in [-0.15, -0.1) is 12.4 Å². The molecule has 1 fully saturated rings. The fourth-order valence-electron chi connectivity index (χ4n) is 2.94. The standard InChI is InChI=1S/C17H27N3O.ClH/c1-3-10-17(2,18)16(21)19-12-14-9-11-20(13-14)15-7-5-4-6-8-15;/h4-8,14H,3,9-13,18H2,1-2H3,(H,19,21);1H. The zero-order valence-electron chi connectivity index (χ0n) is 13.5. The second-order valence-electron chi connectivity index (χ2n) is 6.31. The zero-order valence-corrected chi connectivity index (χ0v) is 14.4. The van der Waals surface area contributed by atoms with Crippen LogP contribution in [-0.2, 0) is 4.79 Å². The predicted octanol–water partition coefficient (Wildman–Crippen LogP) is 2.57. The Balaban J connectivity index is 0.00000242. The van der Waals surface area contributed by atoms with Crippen molar-refractivity contribution in [2.24, 2.45) is 11.7 Å². The lowest BCUT2D eigenvalue weighted by Crippen LogP contribution is -2.52. The minimum atomic E-state index is -0.744. The summed E-state index contributed by atoms with van der Waals surface area (Å²) >= 11 is 0. The van der Waals surface area contributed by atoms with Gasteiger partial charge in [0.2, 0.25) is 5.91 Å². The Bertz CT molecular complexity index is 464. The number of para-hydroxylation sites is 1. The molecule has 2 rings (SSSR count). The van der Waals surface area contributed by atoms with Gasteiger partial charge in [0.15, 0.2) is 0 Å². The largest absolute Gasteiger partial charge is 0.371 e. The number of rotatable bonds is 6. The second-order valence-corrected chi connectivity index (χ2v) is 6.31. The van der Waals surface area contributed by atoms with Crippen molar-refractivity contribution in [1.29, 1.82) is 0 Å². The third-order valence-electron chi connectivity index (χ3n) is 4.25. The van der Waals surface area contributed by atoms with Crippen molar-refractivity contribution >= 4 is 24.0 Å². The lowest BCUT2D eigenvalue weighted by atomic mass is 9.96. The van der Waals surface area contributed by atoms with Gasteiger partial charge in [-0.2, -0.15) is 0 Å². The summed E-state index contributed by atoms with van der Waals surface area (Å²) in [6.07, 6.45) is 2.76. The van der Waals surface area contributed by atoms with E-state index in [4.69, 9.17) is 5.73 Å². The van der Waals surface area contributed by atoms with Crippen LogP contribution in [0.2, 0.25) is 0 Å². The highest BCUT2D eigenvalue weighted by molar-refractivity contribution is 5.85. The van der Waals surface area contributed by atoms with Crippen LogP contribution in [0, 0.1) is 5.92 Å². The van der Waals surface area contributed by atoms with Gasteiger partial charge >= 0.3 is 0 Å². The number of amides is 1. The van der Waals surface area contributed by atoms with Crippen LogP contribution in [0.5, 0.6) is 0 Å². The molecule has 0 bridgehead atoms. The van der Waals surface area contributed by atoms with E-state index in [1.54, 1.807) is 0 Å². The van der Waals surface area contributed by atoms with Crippen LogP contribution < -0.4 is 16.0 Å². The predicted molar refractivity (Wildman–Crippen MR) is 94.5 cm³/mol. The molecule has 1 heterocycles. The molecule has 1 saturated heterocycles. The number of nitrogens with two attached hydrogens (primary N) is 1. The molecule has 124 valence electrons. The highest BCUT2D eigenvalue weighted by Crippen LogP contribution is 2.23. The summed E-state index contributed by atoms with van der Waals surface area (Å²) in [5.41, 5.74) is 6.57. The van der Waals surface area contributed by atoms with Gasteiger partial charge in [0.05, 0.1) is 5.54 Å². The molecule has 0 spiro atoms. The summed E-state index contributed by atoms with van der Waals surface area (Å²) in [5, 5.41) is 3.03. The first kappa shape index (κ1) is 18.8. The van der Waals surface area contributed by atoms with Crippen LogP contribution >= 0.6 is 12.4 Å². The average Bonchev–Trinajstić information content (AvgIpc) is 2.94. The molecule has 5 heteroatoms. The SMILES string of the molecule is CCCC(C)(N)C(=O)NCC1CCN(c2ccccc2)C1.Cl. The van der Waals surface area contributed by atoms with E-state index in [0.29, 0.717) is 5.92 Å². The maximum atomic E-state index is 12.1. The highest BCUT2D eigenvalue weighted by atomic mass is 35.5. The third-order valence-corrected chi connectivity index (χ3v) is 4.25. The van der Waals surface area contributed by atoms with Gasteiger partial charge in [-0.25, -0.2) is 0 Å². The lowest BCUT2D eigenvalue weighted by Gasteiger charge is -2.24. The molecule has 1 aliphatic heterocycles. The molecule has 4 nitrogen and oxygen atoms in total. The molecule has 0 saturated carbocycles. The van der Waals surface area contributed by atoms with E-state index < -0.39 is 5.54 Å². The van der Waals surface area contributed by atoms with Crippen LogP contribution in [0.1, 0.15) is 33.1 Å². The molecule has 22 heavy (non-hydrogen) atoms. The molecule has 0 aliphatic carbocycles. The second kappa shape index (κ2) is 8.39. The van der Waals surface area contributed by atoms with E-state index in [0.717, 1.165) is 38.9 Å². The normalized spacial score (nSPS) is 20.1. The minimum absolute atomic E-state index is 0. The number of nitrogens with one attached hydrogen (secondary N) is 1. The molecule has 2 unspecified atom stereocenters. The summed E-state index contributed by atoms with van der Waals surface area (Å²) < 4.78 is 0. The fraction of sp³-hybridized carbons (Fsp3) is 0.588. The Hall–Kier alpha value is -1.26. The smallest absolute Gasteiger partial charge is 0.239 e. The van der Waals surface area contributed by atoms with Crippen molar-refractivity contribution in [1.82, 2.24) is 5.32 Å². The van der Waals surface area contributed by atoms with Crippen molar-refractivity contribution in [2.45, 2.75) is 38.6 Å². The summed E-state index contributed by atoms with van der Waals surface area (Å²) in [4.78, 5) is 14.5. The molecule has 3 N–H and O–H groups in total. The van der Waals surface area contributed by atoms with Crippen LogP contribution in [0.15, 0.2) is 30.3 Å². The van der Waals surface area contributed by atoms with Crippen molar-refractivity contribution in [2.75, 3.05) is 24.5 Å². The van der Waals surface area contributed by atoms with E-state index in [1.165, 1.54) is 5.69 Å². The fourth-order valence-corrected chi connectivity index (χ4v) is 2.94. The molecular weight excluding hydrogens is 298 g/mol. The van der Waals surface area contributed by atoms with Crippen molar-refractivity contribution in [3.63, 3.8) is 0 Å². The first-order chi connectivity index (χ1) is 10.0. The number of benzene rings is 1. The summed E-state index contributed by atoms with van der Waals surface area (Å²) in [7, 11) is 0. The Kier molecular flexibility index (Phi) is 7.17. The minimum Gasteiger partial charge on any atom is -0.371 e. The van der Waals surface area contributed by atoms with Gasteiger partial charge in [-0.05, 0) is 37.8 Å². The van der Waals surface area contributed by atoms with Gasteiger partial charge < -0.3 is 16.0 Å². The first-order valence-electron chi connectivity index (χ1n) is 7.90. The number of anilines is 1. The van der Waals surface area contributed by atoms with Crippen LogP contribution in [0.4, 0.5) is 5.69 Å². The molecule has 0 aromatic heterocycles. The third kappa shape index (κ3) is 4.89. The Morgan fingerprint density at radius 1 is 1.41 bits per heavy atom. The van der Waals surface area contributed by atoms with E-state index >= 15 is 0 Å². The Morgan fingerprint density at radius 2 is 2.09 bits per heavy atom. The molecule has 0 radical (unpaired) electrons. The molecule has 1 aliphatic rings. The number of halogens is 1. The number of carbonyl (C=O) groups excluding carboxylic acids is 1. The number of hydrogen-bond donors (Lipinski definition) is 2. The van der Waals surface area contributed by atoms with E-state index in [9.17, 15) is 4.79 Å². The van der Waals surface area contributed by atoms with Gasteiger partial charge in [-0.1, -0.05) is 31.5 Å². The average molecular weight is 326 g/mol. The van der Waals surface area contributed by atoms with E-state index in [2.05, 4.69) is 34.5 Å². The highest BCUT2D eigenvalue weighted by Gasteiger charge is 2.29. The molecule has 1 amide bonds. The lowest BCUT2D eigenvalue weighted by molar-refractivity contribution is -0.126. The zero-order chi connectivity index (χ0) is 15.3. The molecule has 1 aromatic carbocycles. The number of nitrogens with zero attached hydrogens (tertiary/aromatic N) is 1. The Labute approximate surface area is 139 Å². The summed E-state index contributed by atoms with van der Waals surface area (Å²) in [6.45, 7) is 6.64. The molecular formula is C17H28ClN3O. The topological polar surface area (TPSA) is 58.4 Å². The van der Waals surface area contributed by atoms with Gasteiger partial charge in [0.1, 0.15) is 0 Å². The monoisotopic (exact) mass is 325 g/mol. The molecule has 2 atom stereocenters.